The predicted molar refractivity (Wildman–Crippen MR) is 68.0 cm³/mol. The minimum atomic E-state index is 0.166. The molecule has 0 atom stereocenters. The van der Waals surface area contributed by atoms with Crippen LogP contribution >= 0.6 is 0 Å². The second-order valence-corrected chi connectivity index (χ2v) is 4.08. The van der Waals surface area contributed by atoms with E-state index < -0.39 is 0 Å². The highest BCUT2D eigenvalue weighted by molar-refractivity contribution is 5.61. The van der Waals surface area contributed by atoms with Crippen LogP contribution in [0.1, 0.15) is 13.8 Å². The fraction of sp³-hybridized carbons (Fsp3) is 0.250. The third-order valence-electron chi connectivity index (χ3n) is 2.28. The summed E-state index contributed by atoms with van der Waals surface area (Å²) in [4.78, 5) is 4.15. The van der Waals surface area contributed by atoms with Gasteiger partial charge in [0.15, 0.2) is 0 Å². The maximum atomic E-state index is 5.58. The third-order valence-corrected chi connectivity index (χ3v) is 2.28. The first-order chi connectivity index (χ1) is 8.06. The van der Waals surface area contributed by atoms with Gasteiger partial charge in [-0.3, -0.25) is 0 Å². The molecule has 0 spiro atoms. The van der Waals surface area contributed by atoms with Crippen molar-refractivity contribution in [3.8, 4) is 17.0 Å². The molecule has 2 aromatic rings. The maximum absolute atomic E-state index is 5.58. The lowest BCUT2D eigenvalue weighted by atomic mass is 10.1. The van der Waals surface area contributed by atoms with Crippen LogP contribution in [0.3, 0.4) is 0 Å². The van der Waals surface area contributed by atoms with Crippen LogP contribution in [0.4, 0.5) is 5.95 Å². The van der Waals surface area contributed by atoms with Crippen molar-refractivity contribution in [2.45, 2.75) is 20.0 Å². The van der Waals surface area contributed by atoms with Crippen LogP contribution in [-0.2, 0) is 0 Å². The summed E-state index contributed by atoms with van der Waals surface area (Å²) in [5.74, 6) is 6.71. The van der Waals surface area contributed by atoms with Gasteiger partial charge in [0.1, 0.15) is 5.75 Å². The largest absolute Gasteiger partial charge is 0.491 e. The van der Waals surface area contributed by atoms with E-state index in [9.17, 15) is 0 Å². The van der Waals surface area contributed by atoms with Crippen LogP contribution < -0.4 is 16.3 Å². The Morgan fingerprint density at radius 3 is 2.35 bits per heavy atom. The van der Waals surface area contributed by atoms with Gasteiger partial charge >= 0.3 is 0 Å². The number of imidazole rings is 1. The maximum Gasteiger partial charge on any atom is 0.219 e. The Morgan fingerprint density at radius 1 is 1.24 bits per heavy atom. The number of hydrogen-bond acceptors (Lipinski definition) is 4. The van der Waals surface area contributed by atoms with E-state index in [0.717, 1.165) is 17.0 Å². The highest BCUT2D eigenvalue weighted by atomic mass is 16.5. The van der Waals surface area contributed by atoms with E-state index in [0.29, 0.717) is 5.95 Å². The molecule has 2 rings (SSSR count). The Bertz CT molecular complexity index is 482. The van der Waals surface area contributed by atoms with E-state index in [1.807, 2.05) is 38.1 Å². The number of ether oxygens (including phenoxy) is 1. The van der Waals surface area contributed by atoms with Gasteiger partial charge in [0, 0.05) is 5.56 Å². The number of rotatable bonds is 3. The molecule has 1 aromatic carbocycles. The molecule has 1 heterocycles. The summed E-state index contributed by atoms with van der Waals surface area (Å²) >= 11 is 0. The Hall–Kier alpha value is -2.17. The van der Waals surface area contributed by atoms with Crippen LogP contribution in [0.25, 0.3) is 11.3 Å². The number of nitrogen functional groups attached to an aromatic ring is 2. The van der Waals surface area contributed by atoms with Crippen molar-refractivity contribution in [2.24, 2.45) is 0 Å². The first-order valence-corrected chi connectivity index (χ1v) is 5.43. The molecule has 0 aliphatic rings. The van der Waals surface area contributed by atoms with Crippen LogP contribution in [0.2, 0.25) is 0 Å². The van der Waals surface area contributed by atoms with Crippen LogP contribution in [-0.4, -0.2) is 15.8 Å². The van der Waals surface area contributed by atoms with E-state index in [4.69, 9.17) is 16.3 Å². The van der Waals surface area contributed by atoms with Gasteiger partial charge in [-0.2, -0.15) is 0 Å². The van der Waals surface area contributed by atoms with Crippen molar-refractivity contribution in [1.29, 1.82) is 0 Å². The average molecular weight is 232 g/mol. The molecule has 0 amide bonds. The number of benzene rings is 1. The molecule has 17 heavy (non-hydrogen) atoms. The fourth-order valence-corrected chi connectivity index (χ4v) is 1.52. The van der Waals surface area contributed by atoms with Gasteiger partial charge in [-0.25, -0.2) is 9.66 Å². The molecule has 0 aliphatic heterocycles. The van der Waals surface area contributed by atoms with Crippen LogP contribution in [0.15, 0.2) is 30.5 Å². The molecule has 90 valence electrons. The molecule has 0 saturated carbocycles. The standard InChI is InChI=1S/C12H16N4O/c1-8(2)17-10-5-3-9(4-6-10)11-7-16(14)12(13)15-11/h3-8H,14H2,1-2H3,(H2,13,15). The second kappa shape index (κ2) is 4.37. The van der Waals surface area contributed by atoms with Gasteiger partial charge in [0.2, 0.25) is 5.95 Å². The third kappa shape index (κ3) is 2.50. The molecule has 0 bridgehead atoms. The minimum absolute atomic E-state index is 0.166. The zero-order valence-electron chi connectivity index (χ0n) is 9.92. The zero-order valence-corrected chi connectivity index (χ0v) is 9.92. The van der Waals surface area contributed by atoms with Gasteiger partial charge in [-0.1, -0.05) is 0 Å². The molecular formula is C12H16N4O. The lowest BCUT2D eigenvalue weighted by Gasteiger charge is -2.09. The first kappa shape index (κ1) is 11.3. The number of nitrogens with two attached hydrogens (primary N) is 2. The molecule has 0 aliphatic carbocycles. The fourth-order valence-electron chi connectivity index (χ4n) is 1.52. The smallest absolute Gasteiger partial charge is 0.219 e. The number of hydrogen-bond donors (Lipinski definition) is 2. The summed E-state index contributed by atoms with van der Waals surface area (Å²) < 4.78 is 6.86. The lowest BCUT2D eigenvalue weighted by Crippen LogP contribution is -2.09. The van der Waals surface area contributed by atoms with E-state index in [2.05, 4.69) is 4.98 Å². The van der Waals surface area contributed by atoms with Gasteiger partial charge < -0.3 is 16.3 Å². The quantitative estimate of drug-likeness (QED) is 0.788. The monoisotopic (exact) mass is 232 g/mol. The number of aromatic nitrogens is 2. The van der Waals surface area contributed by atoms with E-state index in [1.165, 1.54) is 4.68 Å². The molecule has 0 fully saturated rings. The predicted octanol–water partition coefficient (Wildman–Crippen LogP) is 1.63. The second-order valence-electron chi connectivity index (χ2n) is 4.08. The van der Waals surface area contributed by atoms with Crippen molar-refractivity contribution in [1.82, 2.24) is 9.66 Å². The summed E-state index contributed by atoms with van der Waals surface area (Å²) in [6.45, 7) is 3.98. The first-order valence-electron chi connectivity index (χ1n) is 5.43. The SMILES string of the molecule is CC(C)Oc1ccc(-c2cn(N)c(N)n2)cc1. The highest BCUT2D eigenvalue weighted by Crippen LogP contribution is 2.22. The summed E-state index contributed by atoms with van der Waals surface area (Å²) in [5, 5.41) is 0. The molecule has 0 radical (unpaired) electrons. The van der Waals surface area contributed by atoms with Crippen molar-refractivity contribution >= 4 is 5.95 Å². The van der Waals surface area contributed by atoms with Gasteiger partial charge in [0.05, 0.1) is 18.0 Å². The van der Waals surface area contributed by atoms with Crippen molar-refractivity contribution < 1.29 is 4.74 Å². The van der Waals surface area contributed by atoms with E-state index in [-0.39, 0.29) is 6.10 Å². The van der Waals surface area contributed by atoms with E-state index in [1.54, 1.807) is 6.20 Å². The van der Waals surface area contributed by atoms with Crippen molar-refractivity contribution in [3.05, 3.63) is 30.5 Å². The summed E-state index contributed by atoms with van der Waals surface area (Å²) in [6, 6.07) is 7.67. The van der Waals surface area contributed by atoms with Gasteiger partial charge in [0.25, 0.3) is 0 Å². The molecule has 5 heteroatoms. The van der Waals surface area contributed by atoms with Crippen molar-refractivity contribution in [3.63, 3.8) is 0 Å². The van der Waals surface area contributed by atoms with Crippen molar-refractivity contribution in [2.75, 3.05) is 11.6 Å². The Morgan fingerprint density at radius 2 is 1.88 bits per heavy atom. The molecule has 0 unspecified atom stereocenters. The topological polar surface area (TPSA) is 79.1 Å². The summed E-state index contributed by atoms with van der Waals surface area (Å²) in [7, 11) is 0. The molecular weight excluding hydrogens is 216 g/mol. The highest BCUT2D eigenvalue weighted by Gasteiger charge is 2.05. The molecule has 1 aromatic heterocycles. The Labute approximate surface area is 100.0 Å². The van der Waals surface area contributed by atoms with Gasteiger partial charge in [-0.05, 0) is 38.1 Å². The number of nitrogens with zero attached hydrogens (tertiary/aromatic N) is 2. The molecule has 4 N–H and O–H groups in total. The lowest BCUT2D eigenvalue weighted by molar-refractivity contribution is 0.242. The van der Waals surface area contributed by atoms with Gasteiger partial charge in [-0.15, -0.1) is 0 Å². The zero-order chi connectivity index (χ0) is 12.4. The van der Waals surface area contributed by atoms with Crippen LogP contribution in [0.5, 0.6) is 5.75 Å². The Kier molecular flexibility index (Phi) is 2.91. The minimum Gasteiger partial charge on any atom is -0.491 e. The summed E-state index contributed by atoms with van der Waals surface area (Å²) in [5.41, 5.74) is 7.28. The molecule has 5 nitrogen and oxygen atoms in total. The average Bonchev–Trinajstić information content (AvgIpc) is 2.59. The number of anilines is 1. The van der Waals surface area contributed by atoms with Crippen LogP contribution in [0, 0.1) is 0 Å². The molecule has 0 saturated heterocycles. The van der Waals surface area contributed by atoms with E-state index >= 15 is 0 Å². The Balaban J connectivity index is 2.23. The normalized spacial score (nSPS) is 10.8. The summed E-state index contributed by atoms with van der Waals surface area (Å²) in [6.07, 6.45) is 1.85.